The van der Waals surface area contributed by atoms with Gasteiger partial charge in [0.25, 0.3) is 0 Å². The van der Waals surface area contributed by atoms with E-state index in [1.807, 2.05) is 0 Å². The smallest absolute Gasteiger partial charge is 0.306 e. The summed E-state index contributed by atoms with van der Waals surface area (Å²) in [6, 6.07) is 0. The lowest BCUT2D eigenvalue weighted by atomic mass is 10.0. The van der Waals surface area contributed by atoms with Crippen molar-refractivity contribution in [2.75, 3.05) is 13.2 Å². The maximum Gasteiger partial charge on any atom is 0.306 e. The summed E-state index contributed by atoms with van der Waals surface area (Å²) in [7, 11) is 0. The Kier molecular flexibility index (Phi) is 66.5. The third kappa shape index (κ3) is 65.2. The fraction of sp³-hybridized carbons (Fsp3) is 0.958. The van der Waals surface area contributed by atoms with Gasteiger partial charge in [-0.05, 0) is 19.3 Å². The third-order valence-corrected chi connectivity index (χ3v) is 16.9. The van der Waals surface area contributed by atoms with E-state index in [0.29, 0.717) is 19.3 Å². The zero-order valence-corrected chi connectivity index (χ0v) is 53.5. The van der Waals surface area contributed by atoms with Crippen molar-refractivity contribution in [2.45, 2.75) is 431 Å². The zero-order valence-electron chi connectivity index (χ0n) is 53.5. The van der Waals surface area contributed by atoms with Gasteiger partial charge in [-0.1, -0.05) is 387 Å². The highest BCUT2D eigenvalue weighted by molar-refractivity contribution is 5.71. The molecule has 1 atom stereocenters. The van der Waals surface area contributed by atoms with Gasteiger partial charge >= 0.3 is 17.9 Å². The molecule has 0 fully saturated rings. The van der Waals surface area contributed by atoms with Crippen LogP contribution in [-0.2, 0) is 28.6 Å². The second-order valence-electron chi connectivity index (χ2n) is 24.9. The van der Waals surface area contributed by atoms with Crippen LogP contribution < -0.4 is 0 Å². The SMILES string of the molecule is CCCCCCCCCCCCCCCCCCCCCCCCCCCCCCC(=O)OCC(COC(=O)CCCCCCCCCCCCCCCCC)OC(=O)CCCCCCCCCCCCCCCCCCC. The van der Waals surface area contributed by atoms with E-state index in [1.165, 1.54) is 327 Å². The maximum absolute atomic E-state index is 12.9. The van der Waals surface area contributed by atoms with E-state index in [1.54, 1.807) is 0 Å². The number of carbonyl (C=O) groups excluding carboxylic acids is 3. The molecule has 78 heavy (non-hydrogen) atoms. The van der Waals surface area contributed by atoms with Crippen molar-refractivity contribution < 1.29 is 28.6 Å². The maximum atomic E-state index is 12.9. The topological polar surface area (TPSA) is 78.9 Å². The van der Waals surface area contributed by atoms with Gasteiger partial charge in [-0.3, -0.25) is 14.4 Å². The fourth-order valence-corrected chi connectivity index (χ4v) is 11.5. The Balaban J connectivity index is 4.16. The van der Waals surface area contributed by atoms with E-state index in [9.17, 15) is 14.4 Å². The van der Waals surface area contributed by atoms with Crippen LogP contribution in [0.15, 0.2) is 0 Å². The Morgan fingerprint density at radius 3 is 0.513 bits per heavy atom. The molecule has 1 unspecified atom stereocenters. The van der Waals surface area contributed by atoms with Crippen molar-refractivity contribution in [1.82, 2.24) is 0 Å². The van der Waals surface area contributed by atoms with Crippen LogP contribution in [-0.4, -0.2) is 37.2 Å². The number of carbonyl (C=O) groups is 3. The summed E-state index contributed by atoms with van der Waals surface area (Å²) in [5, 5.41) is 0. The molecule has 464 valence electrons. The van der Waals surface area contributed by atoms with E-state index in [-0.39, 0.29) is 31.1 Å². The monoisotopic (exact) mass is 1100 g/mol. The largest absolute Gasteiger partial charge is 0.462 e. The van der Waals surface area contributed by atoms with Gasteiger partial charge in [0.2, 0.25) is 0 Å². The minimum Gasteiger partial charge on any atom is -0.462 e. The molecule has 0 aromatic carbocycles. The average Bonchev–Trinajstić information content (AvgIpc) is 3.44. The second-order valence-corrected chi connectivity index (χ2v) is 24.9. The Bertz CT molecular complexity index is 1170. The van der Waals surface area contributed by atoms with Gasteiger partial charge in [0.05, 0.1) is 0 Å². The number of esters is 3. The molecule has 0 saturated carbocycles. The van der Waals surface area contributed by atoms with Crippen molar-refractivity contribution in [3.8, 4) is 0 Å². The molecule has 0 aromatic heterocycles. The lowest BCUT2D eigenvalue weighted by molar-refractivity contribution is -0.167. The van der Waals surface area contributed by atoms with Gasteiger partial charge in [-0.2, -0.15) is 0 Å². The summed E-state index contributed by atoms with van der Waals surface area (Å²) in [6.45, 7) is 6.75. The molecule has 0 aliphatic heterocycles. The van der Waals surface area contributed by atoms with Gasteiger partial charge in [-0.15, -0.1) is 0 Å². The van der Waals surface area contributed by atoms with Gasteiger partial charge in [0, 0.05) is 19.3 Å². The number of hydrogen-bond donors (Lipinski definition) is 0. The van der Waals surface area contributed by atoms with Gasteiger partial charge < -0.3 is 14.2 Å². The molecular formula is C72H140O6. The van der Waals surface area contributed by atoms with Crippen LogP contribution in [0.4, 0.5) is 0 Å². The second kappa shape index (κ2) is 67.9. The van der Waals surface area contributed by atoms with E-state index >= 15 is 0 Å². The average molecular weight is 1100 g/mol. The number of hydrogen-bond acceptors (Lipinski definition) is 6. The molecular weight excluding hydrogens is 961 g/mol. The van der Waals surface area contributed by atoms with Crippen LogP contribution in [0.1, 0.15) is 425 Å². The first-order chi connectivity index (χ1) is 38.5. The van der Waals surface area contributed by atoms with E-state index in [0.717, 1.165) is 57.8 Å². The normalized spacial score (nSPS) is 11.9. The molecule has 6 heteroatoms. The van der Waals surface area contributed by atoms with Crippen LogP contribution >= 0.6 is 0 Å². The summed E-state index contributed by atoms with van der Waals surface area (Å²) in [5.41, 5.74) is 0. The number of ether oxygens (including phenoxy) is 3. The first-order valence-electron chi connectivity index (χ1n) is 36.0. The van der Waals surface area contributed by atoms with Crippen LogP contribution in [0.3, 0.4) is 0 Å². The van der Waals surface area contributed by atoms with Gasteiger partial charge in [-0.25, -0.2) is 0 Å². The van der Waals surface area contributed by atoms with Crippen LogP contribution in [0.5, 0.6) is 0 Å². The molecule has 0 radical (unpaired) electrons. The minimum absolute atomic E-state index is 0.0601. The highest BCUT2D eigenvalue weighted by Crippen LogP contribution is 2.20. The van der Waals surface area contributed by atoms with Crippen LogP contribution in [0.2, 0.25) is 0 Å². The van der Waals surface area contributed by atoms with Crippen molar-refractivity contribution >= 4 is 17.9 Å². The summed E-state index contributed by atoms with van der Waals surface area (Å²) in [6.07, 6.45) is 80.0. The highest BCUT2D eigenvalue weighted by Gasteiger charge is 2.20. The lowest BCUT2D eigenvalue weighted by Gasteiger charge is -2.18. The van der Waals surface area contributed by atoms with Crippen molar-refractivity contribution in [1.29, 1.82) is 0 Å². The zero-order chi connectivity index (χ0) is 56.4. The number of rotatable bonds is 68. The molecule has 0 spiro atoms. The van der Waals surface area contributed by atoms with Crippen molar-refractivity contribution in [2.24, 2.45) is 0 Å². The predicted molar refractivity (Wildman–Crippen MR) is 340 cm³/mol. The summed E-state index contributed by atoms with van der Waals surface area (Å²) < 4.78 is 17.0. The Morgan fingerprint density at radius 2 is 0.346 bits per heavy atom. The van der Waals surface area contributed by atoms with Crippen LogP contribution in [0, 0.1) is 0 Å². The molecule has 0 N–H and O–H groups in total. The first kappa shape index (κ1) is 76.4. The molecule has 0 bridgehead atoms. The highest BCUT2D eigenvalue weighted by atomic mass is 16.6. The molecule has 0 saturated heterocycles. The van der Waals surface area contributed by atoms with Gasteiger partial charge in [0.15, 0.2) is 6.10 Å². The first-order valence-corrected chi connectivity index (χ1v) is 36.0. The minimum atomic E-state index is -0.763. The van der Waals surface area contributed by atoms with Crippen LogP contribution in [0.25, 0.3) is 0 Å². The predicted octanol–water partition coefficient (Wildman–Crippen LogP) is 24.6. The van der Waals surface area contributed by atoms with Gasteiger partial charge in [0.1, 0.15) is 13.2 Å². The molecule has 6 nitrogen and oxygen atoms in total. The molecule has 0 amide bonds. The fourth-order valence-electron chi connectivity index (χ4n) is 11.5. The third-order valence-electron chi connectivity index (χ3n) is 16.9. The quantitative estimate of drug-likeness (QED) is 0.0343. The van der Waals surface area contributed by atoms with Crippen molar-refractivity contribution in [3.63, 3.8) is 0 Å². The Hall–Kier alpha value is -1.59. The number of unbranched alkanes of at least 4 members (excludes halogenated alkanes) is 57. The Labute approximate surface area is 488 Å². The standard InChI is InChI=1S/C72H140O6/c1-4-7-10-13-16-19-22-25-28-30-31-32-33-34-35-36-37-38-39-40-42-44-47-50-53-56-59-62-65-71(74)77-68-69(67-76-70(73)64-61-58-55-52-49-46-43-27-24-21-18-15-12-9-6-3)78-72(75)66-63-60-57-54-51-48-45-41-29-26-23-20-17-14-11-8-5-2/h69H,4-68H2,1-3H3. The lowest BCUT2D eigenvalue weighted by Crippen LogP contribution is -2.30. The molecule has 0 heterocycles. The molecule has 0 aromatic rings. The van der Waals surface area contributed by atoms with E-state index in [2.05, 4.69) is 20.8 Å². The molecule has 0 aliphatic rings. The van der Waals surface area contributed by atoms with E-state index < -0.39 is 6.10 Å². The van der Waals surface area contributed by atoms with Crippen molar-refractivity contribution in [3.05, 3.63) is 0 Å². The molecule has 0 rings (SSSR count). The molecule has 0 aliphatic carbocycles. The Morgan fingerprint density at radius 1 is 0.205 bits per heavy atom. The summed E-state index contributed by atoms with van der Waals surface area (Å²) >= 11 is 0. The summed E-state index contributed by atoms with van der Waals surface area (Å²) in [4.78, 5) is 38.4. The summed E-state index contributed by atoms with van der Waals surface area (Å²) in [5.74, 6) is -0.819. The van der Waals surface area contributed by atoms with E-state index in [4.69, 9.17) is 14.2 Å².